The summed E-state index contributed by atoms with van der Waals surface area (Å²) in [6, 6.07) is 3.05. The van der Waals surface area contributed by atoms with Crippen LogP contribution in [0.3, 0.4) is 0 Å². The van der Waals surface area contributed by atoms with Crippen LogP contribution in [0.5, 0.6) is 11.5 Å². The second kappa shape index (κ2) is 6.07. The molecule has 0 saturated heterocycles. The van der Waals surface area contributed by atoms with Crippen LogP contribution in [0.15, 0.2) is 22.7 Å². The van der Waals surface area contributed by atoms with Crippen molar-refractivity contribution in [2.24, 2.45) is 0 Å². The number of nitrogen functional groups attached to an aromatic ring is 1. The van der Waals surface area contributed by atoms with Crippen molar-refractivity contribution >= 4 is 17.8 Å². The maximum absolute atomic E-state index is 11.9. The van der Waals surface area contributed by atoms with Crippen LogP contribution >= 0.6 is 0 Å². The van der Waals surface area contributed by atoms with Gasteiger partial charge in [-0.25, -0.2) is 9.78 Å². The predicted molar refractivity (Wildman–Crippen MR) is 84.4 cm³/mol. The molecule has 0 aliphatic rings. The number of aromatic hydroxyl groups is 1. The molecular formula is C15H19N3O5. The molecule has 0 unspecified atom stereocenters. The van der Waals surface area contributed by atoms with Crippen LogP contribution in [0.1, 0.15) is 20.8 Å². The number of nitrogens with one attached hydrogen (secondary N) is 1. The SMILES string of the molecule is COc1cc(-c2cnc(N)o2)cc(NC(=O)OC(C)(C)C)c1O. The number of hydrogen-bond donors (Lipinski definition) is 3. The number of amides is 1. The summed E-state index contributed by atoms with van der Waals surface area (Å²) in [5, 5.41) is 12.6. The monoisotopic (exact) mass is 321 g/mol. The van der Waals surface area contributed by atoms with E-state index in [1.807, 2.05) is 0 Å². The molecule has 23 heavy (non-hydrogen) atoms. The summed E-state index contributed by atoms with van der Waals surface area (Å²) in [4.78, 5) is 15.7. The summed E-state index contributed by atoms with van der Waals surface area (Å²) in [6.07, 6.45) is 0.724. The largest absolute Gasteiger partial charge is 0.503 e. The molecule has 0 aliphatic heterocycles. The molecule has 1 amide bonds. The number of phenols is 1. The number of carbonyl (C=O) groups is 1. The lowest BCUT2D eigenvalue weighted by molar-refractivity contribution is 0.0635. The second-order valence-corrected chi connectivity index (χ2v) is 5.76. The van der Waals surface area contributed by atoms with Gasteiger partial charge in [-0.3, -0.25) is 5.32 Å². The van der Waals surface area contributed by atoms with E-state index in [1.54, 1.807) is 20.8 Å². The first-order valence-electron chi connectivity index (χ1n) is 6.82. The van der Waals surface area contributed by atoms with Gasteiger partial charge in [-0.15, -0.1) is 0 Å². The van der Waals surface area contributed by atoms with Gasteiger partial charge in [0.2, 0.25) is 0 Å². The lowest BCUT2D eigenvalue weighted by Crippen LogP contribution is -2.27. The first-order chi connectivity index (χ1) is 10.7. The number of aromatic nitrogens is 1. The maximum atomic E-state index is 11.9. The van der Waals surface area contributed by atoms with Gasteiger partial charge < -0.3 is 24.7 Å². The Bertz CT molecular complexity index is 718. The number of methoxy groups -OCH3 is 1. The van der Waals surface area contributed by atoms with E-state index in [1.165, 1.54) is 25.4 Å². The number of carbonyl (C=O) groups excluding carboxylic acids is 1. The summed E-state index contributed by atoms with van der Waals surface area (Å²) in [5.74, 6) is 0.297. The van der Waals surface area contributed by atoms with Crippen molar-refractivity contribution in [3.05, 3.63) is 18.3 Å². The van der Waals surface area contributed by atoms with Gasteiger partial charge >= 0.3 is 6.09 Å². The summed E-state index contributed by atoms with van der Waals surface area (Å²) >= 11 is 0. The molecule has 0 aliphatic carbocycles. The molecule has 2 aromatic rings. The Morgan fingerprint density at radius 3 is 2.61 bits per heavy atom. The number of anilines is 2. The third-order valence-corrected chi connectivity index (χ3v) is 2.74. The average Bonchev–Trinajstić information content (AvgIpc) is 2.85. The minimum absolute atomic E-state index is 0.00805. The third kappa shape index (κ3) is 4.06. The third-order valence-electron chi connectivity index (χ3n) is 2.74. The number of ether oxygens (including phenoxy) is 2. The number of phenolic OH excluding ortho intramolecular Hbond substituents is 1. The second-order valence-electron chi connectivity index (χ2n) is 5.76. The van der Waals surface area contributed by atoms with E-state index in [0.29, 0.717) is 11.3 Å². The first kappa shape index (κ1) is 16.5. The minimum atomic E-state index is -0.705. The molecule has 2 rings (SSSR count). The zero-order valence-electron chi connectivity index (χ0n) is 13.3. The van der Waals surface area contributed by atoms with Crippen LogP contribution in [0.4, 0.5) is 16.5 Å². The summed E-state index contributed by atoms with van der Waals surface area (Å²) in [5.41, 5.74) is 5.43. The molecule has 1 aromatic carbocycles. The van der Waals surface area contributed by atoms with Gasteiger partial charge in [-0.1, -0.05) is 0 Å². The van der Waals surface area contributed by atoms with Crippen LogP contribution < -0.4 is 15.8 Å². The molecule has 0 spiro atoms. The molecule has 1 aromatic heterocycles. The van der Waals surface area contributed by atoms with E-state index in [9.17, 15) is 9.90 Å². The summed E-state index contributed by atoms with van der Waals surface area (Å²) in [7, 11) is 1.39. The highest BCUT2D eigenvalue weighted by atomic mass is 16.6. The molecule has 0 fully saturated rings. The van der Waals surface area contributed by atoms with Gasteiger partial charge in [0.15, 0.2) is 17.3 Å². The topological polar surface area (TPSA) is 120 Å². The smallest absolute Gasteiger partial charge is 0.412 e. The molecule has 8 nitrogen and oxygen atoms in total. The molecule has 0 saturated carbocycles. The van der Waals surface area contributed by atoms with Gasteiger partial charge in [-0.2, -0.15) is 0 Å². The van der Waals surface area contributed by atoms with E-state index < -0.39 is 11.7 Å². The van der Waals surface area contributed by atoms with E-state index in [-0.39, 0.29) is 23.2 Å². The van der Waals surface area contributed by atoms with Gasteiger partial charge in [0.1, 0.15) is 5.60 Å². The average molecular weight is 321 g/mol. The van der Waals surface area contributed by atoms with Crippen LogP contribution in [0.2, 0.25) is 0 Å². The fraction of sp³-hybridized carbons (Fsp3) is 0.333. The van der Waals surface area contributed by atoms with E-state index in [0.717, 1.165) is 0 Å². The van der Waals surface area contributed by atoms with Gasteiger partial charge in [0.25, 0.3) is 6.01 Å². The normalized spacial score (nSPS) is 11.1. The number of oxazole rings is 1. The zero-order chi connectivity index (χ0) is 17.2. The molecule has 8 heteroatoms. The lowest BCUT2D eigenvalue weighted by Gasteiger charge is -2.20. The molecule has 0 bridgehead atoms. The molecule has 124 valence electrons. The Kier molecular flexibility index (Phi) is 4.35. The molecule has 1 heterocycles. The fourth-order valence-corrected chi connectivity index (χ4v) is 1.84. The quantitative estimate of drug-likeness (QED) is 0.743. The van der Waals surface area contributed by atoms with Crippen LogP contribution in [0, 0.1) is 0 Å². The highest BCUT2D eigenvalue weighted by molar-refractivity contribution is 5.89. The van der Waals surface area contributed by atoms with E-state index in [2.05, 4.69) is 10.3 Å². The fourth-order valence-electron chi connectivity index (χ4n) is 1.84. The number of rotatable bonds is 3. The van der Waals surface area contributed by atoms with Crippen molar-refractivity contribution in [3.8, 4) is 22.8 Å². The van der Waals surface area contributed by atoms with Gasteiger partial charge in [0.05, 0.1) is 19.0 Å². The Balaban J connectivity index is 2.36. The molecule has 0 radical (unpaired) electrons. The van der Waals surface area contributed by atoms with Crippen LogP contribution in [-0.2, 0) is 4.74 Å². The Labute approximate surface area is 133 Å². The minimum Gasteiger partial charge on any atom is -0.503 e. The summed E-state index contributed by atoms with van der Waals surface area (Å²) in [6.45, 7) is 5.21. The number of nitrogens with two attached hydrogens (primary N) is 1. The molecule has 0 atom stereocenters. The van der Waals surface area contributed by atoms with Crippen LogP contribution in [-0.4, -0.2) is 28.9 Å². The number of benzene rings is 1. The number of hydrogen-bond acceptors (Lipinski definition) is 7. The van der Waals surface area contributed by atoms with E-state index in [4.69, 9.17) is 19.6 Å². The molecular weight excluding hydrogens is 302 g/mol. The zero-order valence-corrected chi connectivity index (χ0v) is 13.3. The van der Waals surface area contributed by atoms with Crippen molar-refractivity contribution in [2.75, 3.05) is 18.2 Å². The van der Waals surface area contributed by atoms with Crippen molar-refractivity contribution in [3.63, 3.8) is 0 Å². The van der Waals surface area contributed by atoms with E-state index >= 15 is 0 Å². The van der Waals surface area contributed by atoms with Gasteiger partial charge in [-0.05, 0) is 32.9 Å². The standard InChI is InChI=1S/C15H19N3O5/c1-15(2,3)23-14(20)18-9-5-8(6-10(21-4)12(9)19)11-7-17-13(16)22-11/h5-7,19H,1-4H3,(H2,16,17)(H,18,20). The van der Waals surface area contributed by atoms with Gasteiger partial charge in [0, 0.05) is 5.56 Å². The Morgan fingerprint density at radius 1 is 1.39 bits per heavy atom. The Hall–Kier alpha value is -2.90. The molecule has 4 N–H and O–H groups in total. The van der Waals surface area contributed by atoms with Crippen molar-refractivity contribution in [2.45, 2.75) is 26.4 Å². The maximum Gasteiger partial charge on any atom is 0.412 e. The van der Waals surface area contributed by atoms with Crippen molar-refractivity contribution in [1.82, 2.24) is 4.98 Å². The highest BCUT2D eigenvalue weighted by Crippen LogP contribution is 2.39. The van der Waals surface area contributed by atoms with Crippen LogP contribution in [0.25, 0.3) is 11.3 Å². The highest BCUT2D eigenvalue weighted by Gasteiger charge is 2.20. The summed E-state index contributed by atoms with van der Waals surface area (Å²) < 4.78 is 15.5. The Morgan fingerprint density at radius 2 is 2.09 bits per heavy atom. The number of nitrogens with zero attached hydrogens (tertiary/aromatic N) is 1. The van der Waals surface area contributed by atoms with Crippen molar-refractivity contribution in [1.29, 1.82) is 0 Å². The first-order valence-corrected chi connectivity index (χ1v) is 6.82. The predicted octanol–water partition coefficient (Wildman–Crippen LogP) is 2.99. The van der Waals surface area contributed by atoms with Crippen molar-refractivity contribution < 1.29 is 23.8 Å². The lowest BCUT2D eigenvalue weighted by atomic mass is 10.1.